The number of oxime groups is 1. The molecule has 5 nitrogen and oxygen atoms in total. The van der Waals surface area contributed by atoms with Crippen molar-refractivity contribution in [3.8, 4) is 0 Å². The molecule has 1 atom stereocenters. The summed E-state index contributed by atoms with van der Waals surface area (Å²) in [6.45, 7) is 6.72. The minimum absolute atomic E-state index is 0.0333. The zero-order valence-corrected chi connectivity index (χ0v) is 10.9. The maximum atomic E-state index is 8.67. The first kappa shape index (κ1) is 12.4. The van der Waals surface area contributed by atoms with Crippen LogP contribution in [0.5, 0.6) is 0 Å². The van der Waals surface area contributed by atoms with Gasteiger partial charge in [0.1, 0.15) is 5.84 Å². The lowest BCUT2D eigenvalue weighted by Crippen LogP contribution is -2.25. The highest BCUT2D eigenvalue weighted by molar-refractivity contribution is 5.82. The van der Waals surface area contributed by atoms with Crippen LogP contribution in [0.3, 0.4) is 0 Å². The lowest BCUT2D eigenvalue weighted by Gasteiger charge is -2.11. The molecular formula is C13H18N4O. The zero-order valence-electron chi connectivity index (χ0n) is 10.9. The summed E-state index contributed by atoms with van der Waals surface area (Å²) in [5.41, 5.74) is 10.1. The van der Waals surface area contributed by atoms with E-state index in [9.17, 15) is 0 Å². The van der Waals surface area contributed by atoms with Crippen LogP contribution < -0.4 is 5.73 Å². The van der Waals surface area contributed by atoms with Crippen molar-refractivity contribution in [1.29, 1.82) is 0 Å². The molecule has 0 aliphatic carbocycles. The van der Waals surface area contributed by atoms with Crippen LogP contribution in [-0.4, -0.2) is 20.6 Å². The van der Waals surface area contributed by atoms with Gasteiger partial charge in [0.2, 0.25) is 0 Å². The molecule has 1 heterocycles. The average molecular weight is 246 g/mol. The van der Waals surface area contributed by atoms with Gasteiger partial charge in [-0.25, -0.2) is 4.98 Å². The lowest BCUT2D eigenvalue weighted by atomic mass is 10.1. The van der Waals surface area contributed by atoms with Gasteiger partial charge >= 0.3 is 0 Å². The number of rotatable bonds is 3. The number of nitrogens with two attached hydrogens (primary N) is 1. The first-order chi connectivity index (χ1) is 8.52. The second-order valence-electron chi connectivity index (χ2n) is 4.75. The van der Waals surface area contributed by atoms with E-state index in [0.29, 0.717) is 6.54 Å². The molecule has 0 spiro atoms. The summed E-state index contributed by atoms with van der Waals surface area (Å²) in [5, 5.41) is 11.7. The molecule has 3 N–H and O–H groups in total. The Bertz CT molecular complexity index is 600. The first-order valence-corrected chi connectivity index (χ1v) is 5.92. The number of hydrogen-bond donors (Lipinski definition) is 2. The maximum absolute atomic E-state index is 8.67. The third-order valence-corrected chi connectivity index (χ3v) is 3.33. The van der Waals surface area contributed by atoms with Gasteiger partial charge in [0.15, 0.2) is 0 Å². The fraction of sp³-hybridized carbons (Fsp3) is 0.385. The van der Waals surface area contributed by atoms with Crippen LogP contribution in [0, 0.1) is 19.8 Å². The Balaban J connectivity index is 2.38. The molecular weight excluding hydrogens is 228 g/mol. The van der Waals surface area contributed by atoms with E-state index in [1.807, 2.05) is 11.5 Å². The third kappa shape index (κ3) is 2.16. The van der Waals surface area contributed by atoms with Crippen LogP contribution in [0.2, 0.25) is 0 Å². The number of benzene rings is 1. The van der Waals surface area contributed by atoms with Gasteiger partial charge in [-0.3, -0.25) is 0 Å². The summed E-state index contributed by atoms with van der Waals surface area (Å²) in [7, 11) is 0. The molecule has 0 aliphatic heterocycles. The van der Waals surface area contributed by atoms with E-state index in [1.54, 1.807) is 6.33 Å². The number of aromatic nitrogens is 2. The van der Waals surface area contributed by atoms with Crippen LogP contribution in [-0.2, 0) is 6.54 Å². The molecule has 0 aliphatic rings. The van der Waals surface area contributed by atoms with E-state index < -0.39 is 0 Å². The summed E-state index contributed by atoms with van der Waals surface area (Å²) in [6.07, 6.45) is 1.80. The normalized spacial score (nSPS) is 14.1. The fourth-order valence-electron chi connectivity index (χ4n) is 1.95. The van der Waals surface area contributed by atoms with Gasteiger partial charge in [-0.2, -0.15) is 0 Å². The standard InChI is InChI=1S/C13H18N4O/c1-8-4-11-12(5-9(8)2)17(7-15-11)6-10(3)13(14)16-18/h4-5,7,10,18H,6H2,1-3H3,(H2,14,16). The molecule has 0 saturated heterocycles. The van der Waals surface area contributed by atoms with E-state index in [0.717, 1.165) is 11.0 Å². The molecule has 0 saturated carbocycles. The molecule has 1 aromatic heterocycles. The summed E-state index contributed by atoms with van der Waals surface area (Å²) in [4.78, 5) is 4.38. The van der Waals surface area contributed by atoms with Gasteiger partial charge < -0.3 is 15.5 Å². The Kier molecular flexibility index (Phi) is 3.23. The molecule has 0 bridgehead atoms. The van der Waals surface area contributed by atoms with E-state index in [-0.39, 0.29) is 11.8 Å². The van der Waals surface area contributed by atoms with E-state index in [1.165, 1.54) is 11.1 Å². The van der Waals surface area contributed by atoms with E-state index in [4.69, 9.17) is 10.9 Å². The number of aryl methyl sites for hydroxylation is 2. The minimum Gasteiger partial charge on any atom is -0.409 e. The molecule has 0 amide bonds. The molecule has 2 rings (SSSR count). The monoisotopic (exact) mass is 246 g/mol. The van der Waals surface area contributed by atoms with Crippen LogP contribution >= 0.6 is 0 Å². The van der Waals surface area contributed by atoms with Crippen LogP contribution in [0.4, 0.5) is 0 Å². The average Bonchev–Trinajstić information content (AvgIpc) is 2.71. The summed E-state index contributed by atoms with van der Waals surface area (Å²) in [6, 6.07) is 4.20. The van der Waals surface area contributed by atoms with Gasteiger partial charge in [0.25, 0.3) is 0 Å². The van der Waals surface area contributed by atoms with Gasteiger partial charge in [0, 0.05) is 12.5 Å². The number of amidine groups is 1. The van der Waals surface area contributed by atoms with Gasteiger partial charge in [-0.15, -0.1) is 0 Å². The molecule has 0 fully saturated rings. The van der Waals surface area contributed by atoms with Crippen molar-refractivity contribution in [3.63, 3.8) is 0 Å². The predicted octanol–water partition coefficient (Wildman–Crippen LogP) is 2.04. The van der Waals surface area contributed by atoms with Crippen LogP contribution in [0.1, 0.15) is 18.1 Å². The van der Waals surface area contributed by atoms with E-state index in [2.05, 4.69) is 36.1 Å². The number of hydrogen-bond acceptors (Lipinski definition) is 3. The maximum Gasteiger partial charge on any atom is 0.143 e. The number of nitrogens with zero attached hydrogens (tertiary/aromatic N) is 3. The second-order valence-corrected chi connectivity index (χ2v) is 4.75. The zero-order chi connectivity index (χ0) is 13.3. The molecule has 1 aromatic carbocycles. The highest BCUT2D eigenvalue weighted by atomic mass is 16.4. The molecule has 1 unspecified atom stereocenters. The van der Waals surface area contributed by atoms with Gasteiger partial charge in [-0.1, -0.05) is 12.1 Å². The smallest absolute Gasteiger partial charge is 0.143 e. The van der Waals surface area contributed by atoms with Gasteiger partial charge in [0.05, 0.1) is 17.4 Å². The molecule has 5 heteroatoms. The SMILES string of the molecule is Cc1cc2ncn(CC(C)/C(N)=N/O)c2cc1C. The van der Waals surface area contributed by atoms with Crippen molar-refractivity contribution in [2.75, 3.05) is 0 Å². The fourth-order valence-corrected chi connectivity index (χ4v) is 1.95. The van der Waals surface area contributed by atoms with Crippen molar-refractivity contribution < 1.29 is 5.21 Å². The number of imidazole rings is 1. The van der Waals surface area contributed by atoms with Gasteiger partial charge in [-0.05, 0) is 37.1 Å². The highest BCUT2D eigenvalue weighted by Crippen LogP contribution is 2.19. The Morgan fingerprint density at radius 1 is 1.44 bits per heavy atom. The molecule has 96 valence electrons. The molecule has 18 heavy (non-hydrogen) atoms. The van der Waals surface area contributed by atoms with Crippen molar-refractivity contribution in [3.05, 3.63) is 29.6 Å². The first-order valence-electron chi connectivity index (χ1n) is 5.92. The Morgan fingerprint density at radius 2 is 2.11 bits per heavy atom. The molecule has 2 aromatic rings. The Labute approximate surface area is 106 Å². The Hall–Kier alpha value is -2.04. The summed E-state index contributed by atoms with van der Waals surface area (Å²) < 4.78 is 2.03. The Morgan fingerprint density at radius 3 is 2.78 bits per heavy atom. The highest BCUT2D eigenvalue weighted by Gasteiger charge is 2.11. The minimum atomic E-state index is -0.0333. The van der Waals surface area contributed by atoms with Crippen molar-refractivity contribution in [2.24, 2.45) is 16.8 Å². The van der Waals surface area contributed by atoms with Crippen molar-refractivity contribution in [2.45, 2.75) is 27.3 Å². The topological polar surface area (TPSA) is 76.4 Å². The van der Waals surface area contributed by atoms with Crippen molar-refractivity contribution in [1.82, 2.24) is 9.55 Å². The lowest BCUT2D eigenvalue weighted by molar-refractivity contribution is 0.313. The van der Waals surface area contributed by atoms with Crippen molar-refractivity contribution >= 4 is 16.9 Å². The van der Waals surface area contributed by atoms with Crippen LogP contribution in [0.15, 0.2) is 23.6 Å². The number of fused-ring (bicyclic) bond motifs is 1. The largest absolute Gasteiger partial charge is 0.409 e. The van der Waals surface area contributed by atoms with E-state index >= 15 is 0 Å². The molecule has 0 radical (unpaired) electrons. The predicted molar refractivity (Wildman–Crippen MR) is 71.8 cm³/mol. The summed E-state index contributed by atoms with van der Waals surface area (Å²) in [5.74, 6) is 0.203. The quantitative estimate of drug-likeness (QED) is 0.376. The third-order valence-electron chi connectivity index (χ3n) is 3.33. The second kappa shape index (κ2) is 4.68. The van der Waals surface area contributed by atoms with Crippen LogP contribution in [0.25, 0.3) is 11.0 Å². The summed E-state index contributed by atoms with van der Waals surface area (Å²) >= 11 is 0.